The van der Waals surface area contributed by atoms with Gasteiger partial charge < -0.3 is 5.32 Å². The number of hydrogen-bond donors (Lipinski definition) is 1. The first kappa shape index (κ1) is 15.8. The fourth-order valence-corrected chi connectivity index (χ4v) is 3.78. The highest BCUT2D eigenvalue weighted by molar-refractivity contribution is 7.92. The van der Waals surface area contributed by atoms with Crippen LogP contribution in [0.25, 0.3) is 0 Å². The molecule has 0 fully saturated rings. The zero-order valence-corrected chi connectivity index (χ0v) is 14.0. The van der Waals surface area contributed by atoms with E-state index in [2.05, 4.69) is 5.32 Å². The summed E-state index contributed by atoms with van der Waals surface area (Å²) in [6.45, 7) is 0.430. The molecule has 2 aromatic rings. The molecule has 0 unspecified atom stereocenters. The van der Waals surface area contributed by atoms with Crippen LogP contribution >= 0.6 is 11.6 Å². The van der Waals surface area contributed by atoms with Crippen molar-refractivity contribution in [1.82, 2.24) is 0 Å². The van der Waals surface area contributed by atoms with Crippen LogP contribution < -0.4 is 9.62 Å². The molecule has 0 saturated heterocycles. The largest absolute Gasteiger partial charge is 0.322 e. The minimum absolute atomic E-state index is 0.259. The maximum absolute atomic E-state index is 12.2. The molecule has 3 rings (SSSR count). The van der Waals surface area contributed by atoms with Gasteiger partial charge in [0.15, 0.2) is 0 Å². The Hall–Kier alpha value is -2.05. The van der Waals surface area contributed by atoms with Gasteiger partial charge >= 0.3 is 0 Å². The number of halogens is 1. The lowest BCUT2D eigenvalue weighted by Gasteiger charge is -2.16. The summed E-state index contributed by atoms with van der Waals surface area (Å²) in [7, 11) is -3.27. The molecule has 120 valence electrons. The first-order valence-electron chi connectivity index (χ1n) is 7.02. The monoisotopic (exact) mass is 350 g/mol. The van der Waals surface area contributed by atoms with Gasteiger partial charge in [-0.2, -0.15) is 0 Å². The molecule has 0 atom stereocenters. The molecule has 1 aliphatic heterocycles. The summed E-state index contributed by atoms with van der Waals surface area (Å²) < 4.78 is 24.8. The lowest BCUT2D eigenvalue weighted by molar-refractivity contribution is 0.102. The Balaban J connectivity index is 1.82. The minimum Gasteiger partial charge on any atom is -0.322 e. The van der Waals surface area contributed by atoms with Crippen LogP contribution in [0.1, 0.15) is 15.9 Å². The summed E-state index contributed by atoms with van der Waals surface area (Å²) in [5.74, 6) is -0.259. The highest BCUT2D eigenvalue weighted by Crippen LogP contribution is 2.32. The summed E-state index contributed by atoms with van der Waals surface area (Å²) in [5, 5.41) is 3.30. The number of carbonyl (C=O) groups is 1. The summed E-state index contributed by atoms with van der Waals surface area (Å²) >= 11 is 5.88. The lowest BCUT2D eigenvalue weighted by Crippen LogP contribution is -2.27. The van der Waals surface area contributed by atoms with E-state index in [-0.39, 0.29) is 5.91 Å². The average molecular weight is 351 g/mol. The van der Waals surface area contributed by atoms with Gasteiger partial charge in [-0.1, -0.05) is 17.7 Å². The molecule has 0 saturated carbocycles. The Morgan fingerprint density at radius 3 is 2.70 bits per heavy atom. The number of amides is 1. The van der Waals surface area contributed by atoms with Gasteiger partial charge in [0.25, 0.3) is 5.91 Å². The number of sulfonamides is 1. The first-order valence-corrected chi connectivity index (χ1v) is 9.25. The Labute approximate surface area is 139 Å². The number of fused-ring (bicyclic) bond motifs is 1. The van der Waals surface area contributed by atoms with Gasteiger partial charge in [-0.05, 0) is 48.4 Å². The van der Waals surface area contributed by atoms with Crippen molar-refractivity contribution in [3.8, 4) is 0 Å². The van der Waals surface area contributed by atoms with Gasteiger partial charge in [0.05, 0.1) is 11.9 Å². The fraction of sp³-hybridized carbons (Fsp3) is 0.188. The molecule has 7 heteroatoms. The molecule has 0 spiro atoms. The number of hydrogen-bond acceptors (Lipinski definition) is 3. The second-order valence-electron chi connectivity index (χ2n) is 5.39. The predicted octanol–water partition coefficient (Wildman–Crippen LogP) is 2.91. The van der Waals surface area contributed by atoms with Crippen molar-refractivity contribution in [2.45, 2.75) is 6.42 Å². The van der Waals surface area contributed by atoms with Crippen LogP contribution in [0.15, 0.2) is 42.5 Å². The van der Waals surface area contributed by atoms with E-state index in [0.717, 1.165) is 5.56 Å². The van der Waals surface area contributed by atoms with Crippen LogP contribution in [0.4, 0.5) is 11.4 Å². The maximum atomic E-state index is 12.2. The highest BCUT2D eigenvalue weighted by Gasteiger charge is 2.26. The second-order valence-corrected chi connectivity index (χ2v) is 7.74. The minimum atomic E-state index is -3.27. The standard InChI is InChI=1S/C16H15ClN2O3S/c1-23(21,22)19-8-7-11-10-14(5-6-15(11)19)18-16(20)12-3-2-4-13(17)9-12/h2-6,9-10H,7-8H2,1H3,(H,18,20). The van der Waals surface area contributed by atoms with E-state index in [4.69, 9.17) is 11.6 Å². The molecule has 1 amide bonds. The molecule has 0 aliphatic carbocycles. The van der Waals surface area contributed by atoms with Crippen LogP contribution in [-0.4, -0.2) is 27.1 Å². The third-order valence-electron chi connectivity index (χ3n) is 3.68. The third-order valence-corrected chi connectivity index (χ3v) is 5.09. The molecule has 1 aliphatic rings. The molecule has 1 N–H and O–H groups in total. The van der Waals surface area contributed by atoms with Crippen molar-refractivity contribution in [3.63, 3.8) is 0 Å². The maximum Gasteiger partial charge on any atom is 0.255 e. The van der Waals surface area contributed by atoms with Gasteiger partial charge in [0, 0.05) is 22.8 Å². The SMILES string of the molecule is CS(=O)(=O)N1CCc2cc(NC(=O)c3cccc(Cl)c3)ccc21. The molecule has 5 nitrogen and oxygen atoms in total. The molecule has 1 heterocycles. The van der Waals surface area contributed by atoms with Gasteiger partial charge in [0.1, 0.15) is 0 Å². The molecular weight excluding hydrogens is 336 g/mol. The lowest BCUT2D eigenvalue weighted by atomic mass is 10.1. The van der Waals surface area contributed by atoms with Crippen LogP contribution in [0, 0.1) is 0 Å². The summed E-state index contributed by atoms with van der Waals surface area (Å²) in [6, 6.07) is 11.9. The zero-order chi connectivity index (χ0) is 16.6. The average Bonchev–Trinajstić information content (AvgIpc) is 2.90. The van der Waals surface area contributed by atoms with Crippen molar-refractivity contribution in [2.75, 3.05) is 22.4 Å². The quantitative estimate of drug-likeness (QED) is 0.925. The van der Waals surface area contributed by atoms with Gasteiger partial charge in [0.2, 0.25) is 10.0 Å². The van der Waals surface area contributed by atoms with Crippen LogP contribution in [-0.2, 0) is 16.4 Å². The van der Waals surface area contributed by atoms with Gasteiger partial charge in [-0.25, -0.2) is 8.42 Å². The number of nitrogens with zero attached hydrogens (tertiary/aromatic N) is 1. The number of rotatable bonds is 3. The van der Waals surface area contributed by atoms with Crippen LogP contribution in [0.5, 0.6) is 0 Å². The fourth-order valence-electron chi connectivity index (χ4n) is 2.63. The number of nitrogens with one attached hydrogen (secondary N) is 1. The smallest absolute Gasteiger partial charge is 0.255 e. The highest BCUT2D eigenvalue weighted by atomic mass is 35.5. The Morgan fingerprint density at radius 2 is 2.00 bits per heavy atom. The van der Waals surface area contributed by atoms with Gasteiger partial charge in [-0.3, -0.25) is 9.10 Å². The van der Waals surface area contributed by atoms with E-state index in [0.29, 0.717) is 34.9 Å². The summed E-state index contributed by atoms with van der Waals surface area (Å²) in [6.07, 6.45) is 1.82. The topological polar surface area (TPSA) is 66.5 Å². The number of carbonyl (C=O) groups excluding carboxylic acids is 1. The number of anilines is 2. The van der Waals surface area contributed by atoms with E-state index in [1.807, 2.05) is 6.07 Å². The molecule has 0 bridgehead atoms. The summed E-state index contributed by atoms with van der Waals surface area (Å²) in [5.41, 5.74) is 2.67. The van der Waals surface area contributed by atoms with Crippen molar-refractivity contribution >= 4 is 38.9 Å². The van der Waals surface area contributed by atoms with E-state index < -0.39 is 10.0 Å². The Kier molecular flexibility index (Phi) is 4.04. The van der Waals surface area contributed by atoms with E-state index >= 15 is 0 Å². The first-order chi connectivity index (χ1) is 10.8. The molecule has 0 aromatic heterocycles. The van der Waals surface area contributed by atoms with Crippen LogP contribution in [0.3, 0.4) is 0 Å². The second kappa shape index (κ2) is 5.86. The third kappa shape index (κ3) is 3.33. The Morgan fingerprint density at radius 1 is 1.22 bits per heavy atom. The van der Waals surface area contributed by atoms with E-state index in [1.165, 1.54) is 10.6 Å². The predicted molar refractivity (Wildman–Crippen MR) is 91.7 cm³/mol. The van der Waals surface area contributed by atoms with Crippen molar-refractivity contribution in [3.05, 3.63) is 58.6 Å². The molecular formula is C16H15ClN2O3S. The van der Waals surface area contributed by atoms with E-state index in [1.54, 1.807) is 36.4 Å². The summed E-state index contributed by atoms with van der Waals surface area (Å²) in [4.78, 5) is 12.2. The molecule has 2 aromatic carbocycles. The van der Waals surface area contributed by atoms with Crippen molar-refractivity contribution < 1.29 is 13.2 Å². The molecule has 23 heavy (non-hydrogen) atoms. The Bertz CT molecular complexity index is 881. The van der Waals surface area contributed by atoms with Gasteiger partial charge in [-0.15, -0.1) is 0 Å². The normalized spacial score (nSPS) is 13.7. The van der Waals surface area contributed by atoms with Crippen LogP contribution in [0.2, 0.25) is 5.02 Å². The zero-order valence-electron chi connectivity index (χ0n) is 12.4. The number of benzene rings is 2. The van der Waals surface area contributed by atoms with E-state index in [9.17, 15) is 13.2 Å². The van der Waals surface area contributed by atoms with Crippen molar-refractivity contribution in [2.24, 2.45) is 0 Å². The van der Waals surface area contributed by atoms with Crippen molar-refractivity contribution in [1.29, 1.82) is 0 Å². The molecule has 0 radical (unpaired) electrons.